The fourth-order valence-electron chi connectivity index (χ4n) is 4.72. The van der Waals surface area contributed by atoms with E-state index in [9.17, 15) is 19.5 Å². The Morgan fingerprint density at radius 1 is 1.09 bits per heavy atom. The summed E-state index contributed by atoms with van der Waals surface area (Å²) in [6.45, 7) is 5.80. The van der Waals surface area contributed by atoms with Crippen LogP contribution in [0.2, 0.25) is 0 Å². The SMILES string of the molecule is CCCNC(=O)CN1CCN(c2cc(C(=O)O)c3cc(NC(=O)C4CCCC4)ccc3n2)CC1. The topological polar surface area (TPSA) is 115 Å². The van der Waals surface area contributed by atoms with Crippen molar-refractivity contribution in [2.45, 2.75) is 39.0 Å². The fourth-order valence-corrected chi connectivity index (χ4v) is 4.72. The lowest BCUT2D eigenvalue weighted by Gasteiger charge is -2.35. The molecule has 0 unspecified atom stereocenters. The van der Waals surface area contributed by atoms with E-state index in [1.54, 1.807) is 24.3 Å². The Hall–Kier alpha value is -3.20. The van der Waals surface area contributed by atoms with E-state index in [0.29, 0.717) is 61.7 Å². The summed E-state index contributed by atoms with van der Waals surface area (Å²) < 4.78 is 0. The van der Waals surface area contributed by atoms with Gasteiger partial charge in [-0.2, -0.15) is 0 Å². The molecule has 0 spiro atoms. The number of rotatable bonds is 8. The molecule has 1 aliphatic carbocycles. The third-order valence-corrected chi connectivity index (χ3v) is 6.65. The van der Waals surface area contributed by atoms with Gasteiger partial charge in [0.1, 0.15) is 5.82 Å². The molecule has 1 saturated heterocycles. The molecule has 182 valence electrons. The molecule has 34 heavy (non-hydrogen) atoms. The number of pyridine rings is 1. The van der Waals surface area contributed by atoms with Crippen LogP contribution in [0.3, 0.4) is 0 Å². The Morgan fingerprint density at radius 2 is 1.82 bits per heavy atom. The number of amides is 2. The van der Waals surface area contributed by atoms with Crippen molar-refractivity contribution in [1.29, 1.82) is 0 Å². The van der Waals surface area contributed by atoms with E-state index in [0.717, 1.165) is 32.1 Å². The van der Waals surface area contributed by atoms with Crippen LogP contribution in [0.15, 0.2) is 24.3 Å². The van der Waals surface area contributed by atoms with E-state index in [1.807, 2.05) is 6.92 Å². The van der Waals surface area contributed by atoms with Crippen LogP contribution in [-0.4, -0.2) is 72.0 Å². The maximum absolute atomic E-state index is 12.5. The Morgan fingerprint density at radius 3 is 2.50 bits per heavy atom. The van der Waals surface area contributed by atoms with E-state index in [2.05, 4.69) is 20.4 Å². The lowest BCUT2D eigenvalue weighted by molar-refractivity contribution is -0.122. The highest BCUT2D eigenvalue weighted by molar-refractivity contribution is 6.05. The standard InChI is InChI=1S/C25H33N5O4/c1-2-9-26-23(31)16-29-10-12-30(13-11-29)22-15-20(25(33)34)19-14-18(7-8-21(19)28-22)27-24(32)17-5-3-4-6-17/h7-8,14-15,17H,2-6,9-13,16H2,1H3,(H,26,31)(H,27,32)(H,33,34). The first-order valence-corrected chi connectivity index (χ1v) is 12.2. The molecule has 4 rings (SSSR count). The number of carboxylic acid groups (broad SMARTS) is 1. The van der Waals surface area contributed by atoms with Crippen molar-refractivity contribution < 1.29 is 19.5 Å². The van der Waals surface area contributed by atoms with Crippen LogP contribution in [0.1, 0.15) is 49.4 Å². The molecule has 1 saturated carbocycles. The quantitative estimate of drug-likeness (QED) is 0.547. The van der Waals surface area contributed by atoms with Gasteiger partial charge in [0.25, 0.3) is 0 Å². The van der Waals surface area contributed by atoms with Gasteiger partial charge in [0.05, 0.1) is 17.6 Å². The summed E-state index contributed by atoms with van der Waals surface area (Å²) in [6.07, 6.45) is 4.87. The molecule has 0 radical (unpaired) electrons. The van der Waals surface area contributed by atoms with Crippen LogP contribution in [0, 0.1) is 5.92 Å². The summed E-state index contributed by atoms with van der Waals surface area (Å²) in [4.78, 5) is 45.4. The number of piperazine rings is 1. The van der Waals surface area contributed by atoms with Crippen molar-refractivity contribution in [2.75, 3.05) is 49.5 Å². The van der Waals surface area contributed by atoms with E-state index >= 15 is 0 Å². The van der Waals surface area contributed by atoms with Crippen LogP contribution in [0.25, 0.3) is 10.9 Å². The number of fused-ring (bicyclic) bond motifs is 1. The third-order valence-electron chi connectivity index (χ3n) is 6.65. The maximum atomic E-state index is 12.5. The zero-order chi connectivity index (χ0) is 24.1. The predicted molar refractivity (Wildman–Crippen MR) is 131 cm³/mol. The van der Waals surface area contributed by atoms with Crippen LogP contribution >= 0.6 is 0 Å². The molecule has 1 aromatic heterocycles. The molecule has 9 heteroatoms. The molecule has 9 nitrogen and oxygen atoms in total. The molecule has 1 aliphatic heterocycles. The molecular formula is C25H33N5O4. The van der Waals surface area contributed by atoms with E-state index in [1.165, 1.54) is 0 Å². The minimum absolute atomic E-state index is 0.000416. The van der Waals surface area contributed by atoms with E-state index in [4.69, 9.17) is 4.98 Å². The predicted octanol–water partition coefficient (Wildman–Crippen LogP) is 2.71. The van der Waals surface area contributed by atoms with Crippen LogP contribution in [-0.2, 0) is 9.59 Å². The Labute approximate surface area is 199 Å². The summed E-state index contributed by atoms with van der Waals surface area (Å²) in [5.74, 6) is -0.351. The summed E-state index contributed by atoms with van der Waals surface area (Å²) in [7, 11) is 0. The second-order valence-corrected chi connectivity index (χ2v) is 9.15. The first kappa shape index (κ1) is 23.9. The van der Waals surface area contributed by atoms with Gasteiger partial charge >= 0.3 is 5.97 Å². The number of nitrogens with zero attached hydrogens (tertiary/aromatic N) is 3. The highest BCUT2D eigenvalue weighted by atomic mass is 16.4. The van der Waals surface area contributed by atoms with Crippen LogP contribution in [0.4, 0.5) is 11.5 Å². The fraction of sp³-hybridized carbons (Fsp3) is 0.520. The number of benzene rings is 1. The lowest BCUT2D eigenvalue weighted by Crippen LogP contribution is -2.49. The largest absolute Gasteiger partial charge is 0.478 e. The lowest BCUT2D eigenvalue weighted by atomic mass is 10.1. The second-order valence-electron chi connectivity index (χ2n) is 9.15. The number of hydrogen-bond donors (Lipinski definition) is 3. The zero-order valence-electron chi connectivity index (χ0n) is 19.7. The number of carboxylic acids is 1. The minimum Gasteiger partial charge on any atom is -0.478 e. The number of aromatic nitrogens is 1. The molecule has 2 aromatic rings. The van der Waals surface area contributed by atoms with Crippen molar-refractivity contribution >= 4 is 40.2 Å². The Balaban J connectivity index is 1.47. The molecule has 0 atom stereocenters. The highest BCUT2D eigenvalue weighted by Gasteiger charge is 2.24. The number of carbonyl (C=O) groups is 3. The van der Waals surface area contributed by atoms with Gasteiger partial charge in [0.2, 0.25) is 11.8 Å². The van der Waals surface area contributed by atoms with Gasteiger partial charge in [-0.05, 0) is 43.5 Å². The van der Waals surface area contributed by atoms with Crippen LogP contribution < -0.4 is 15.5 Å². The normalized spacial score (nSPS) is 17.1. The van der Waals surface area contributed by atoms with Gasteiger partial charge in [-0.25, -0.2) is 9.78 Å². The van der Waals surface area contributed by atoms with Gasteiger partial charge in [0.15, 0.2) is 0 Å². The average Bonchev–Trinajstić information content (AvgIpc) is 3.38. The van der Waals surface area contributed by atoms with Gasteiger partial charge in [-0.15, -0.1) is 0 Å². The first-order valence-electron chi connectivity index (χ1n) is 12.2. The molecule has 2 aliphatic rings. The van der Waals surface area contributed by atoms with Crippen molar-refractivity contribution in [3.63, 3.8) is 0 Å². The smallest absolute Gasteiger partial charge is 0.336 e. The minimum atomic E-state index is -1.03. The van der Waals surface area contributed by atoms with Gasteiger partial charge in [-0.3, -0.25) is 14.5 Å². The highest BCUT2D eigenvalue weighted by Crippen LogP contribution is 2.29. The summed E-state index contributed by atoms with van der Waals surface area (Å²) in [6, 6.07) is 6.86. The Kier molecular flexibility index (Phi) is 7.62. The number of hydrogen-bond acceptors (Lipinski definition) is 6. The summed E-state index contributed by atoms with van der Waals surface area (Å²) in [5, 5.41) is 16.2. The van der Waals surface area contributed by atoms with Gasteiger partial charge in [0, 0.05) is 49.7 Å². The number of nitrogens with one attached hydrogen (secondary N) is 2. The van der Waals surface area contributed by atoms with Crippen molar-refractivity contribution in [3.05, 3.63) is 29.8 Å². The van der Waals surface area contributed by atoms with Gasteiger partial charge < -0.3 is 20.6 Å². The maximum Gasteiger partial charge on any atom is 0.336 e. The van der Waals surface area contributed by atoms with Crippen LogP contribution in [0.5, 0.6) is 0 Å². The number of carbonyl (C=O) groups excluding carboxylic acids is 2. The molecule has 2 heterocycles. The van der Waals surface area contributed by atoms with E-state index < -0.39 is 5.97 Å². The molecule has 3 N–H and O–H groups in total. The van der Waals surface area contributed by atoms with Crippen molar-refractivity contribution in [2.24, 2.45) is 5.92 Å². The zero-order valence-corrected chi connectivity index (χ0v) is 19.7. The summed E-state index contributed by atoms with van der Waals surface area (Å²) >= 11 is 0. The molecule has 0 bridgehead atoms. The van der Waals surface area contributed by atoms with Crippen molar-refractivity contribution in [1.82, 2.24) is 15.2 Å². The van der Waals surface area contributed by atoms with E-state index in [-0.39, 0.29) is 23.3 Å². The number of aromatic carboxylic acids is 1. The first-order chi connectivity index (χ1) is 16.4. The monoisotopic (exact) mass is 467 g/mol. The van der Waals surface area contributed by atoms with Crippen molar-refractivity contribution in [3.8, 4) is 0 Å². The van der Waals surface area contributed by atoms with Gasteiger partial charge in [-0.1, -0.05) is 19.8 Å². The second kappa shape index (κ2) is 10.8. The average molecular weight is 468 g/mol. The third kappa shape index (κ3) is 5.64. The summed E-state index contributed by atoms with van der Waals surface area (Å²) in [5.41, 5.74) is 1.34. The Bertz CT molecular complexity index is 1060. The molecule has 2 amide bonds. The molecular weight excluding hydrogens is 434 g/mol. The molecule has 2 fully saturated rings. The molecule has 1 aromatic carbocycles. The number of anilines is 2.